The van der Waals surface area contributed by atoms with Crippen LogP contribution in [0.25, 0.3) is 0 Å². The summed E-state index contributed by atoms with van der Waals surface area (Å²) in [5.74, 6) is 0. The lowest BCUT2D eigenvalue weighted by Crippen LogP contribution is -2.48. The van der Waals surface area contributed by atoms with Crippen LogP contribution in [0.15, 0.2) is 0 Å². The highest BCUT2D eigenvalue weighted by Gasteiger charge is 2.41. The fraction of sp³-hybridized carbons (Fsp3) is 1.00. The van der Waals surface area contributed by atoms with E-state index in [1.54, 1.807) is 21.3 Å². The molecule has 23 heavy (non-hydrogen) atoms. The Labute approximate surface area is 140 Å². The van der Waals surface area contributed by atoms with Crippen molar-refractivity contribution in [1.82, 2.24) is 0 Å². The lowest BCUT2D eigenvalue weighted by Gasteiger charge is -2.29. The molecule has 1 aliphatic rings. The predicted molar refractivity (Wildman–Crippen MR) is 87.6 cm³/mol. The Kier molecular flexibility index (Phi) is 12.1. The Balaban J connectivity index is 2.47. The summed E-state index contributed by atoms with van der Waals surface area (Å²) in [4.78, 5) is 0. The molecule has 1 saturated heterocycles. The number of ether oxygens (including phenoxy) is 4. The third kappa shape index (κ3) is 10.4. The summed E-state index contributed by atoms with van der Waals surface area (Å²) in [5, 5.41) is 0. The maximum Gasteiger partial charge on any atom is 0.501 e. The molecule has 1 rings (SSSR count). The fourth-order valence-electron chi connectivity index (χ4n) is 2.13. The first kappa shape index (κ1) is 21.0. The van der Waals surface area contributed by atoms with Crippen LogP contribution in [0.3, 0.4) is 0 Å². The lowest BCUT2D eigenvalue weighted by molar-refractivity contribution is 0.0142. The normalized spacial score (nSPS) is 17.6. The van der Waals surface area contributed by atoms with E-state index in [0.717, 1.165) is 31.9 Å². The first-order valence-electron chi connectivity index (χ1n) is 8.26. The van der Waals surface area contributed by atoms with E-state index in [0.29, 0.717) is 45.7 Å². The van der Waals surface area contributed by atoms with E-state index in [1.165, 1.54) is 0 Å². The molecule has 0 radical (unpaired) electrons. The van der Waals surface area contributed by atoms with Crippen LogP contribution in [0.5, 0.6) is 0 Å². The van der Waals surface area contributed by atoms with Crippen LogP contribution in [0.1, 0.15) is 19.3 Å². The van der Waals surface area contributed by atoms with E-state index in [2.05, 4.69) is 0 Å². The number of hydrogen-bond donors (Lipinski definition) is 0. The minimum atomic E-state index is -2.74. The zero-order chi connectivity index (χ0) is 16.8. The average Bonchev–Trinajstić information content (AvgIpc) is 3.37. The monoisotopic (exact) mass is 352 g/mol. The van der Waals surface area contributed by atoms with Crippen LogP contribution in [0, 0.1) is 0 Å². The van der Waals surface area contributed by atoms with Crippen LogP contribution in [0.4, 0.5) is 0 Å². The fourth-order valence-corrected chi connectivity index (χ4v) is 4.68. The van der Waals surface area contributed by atoms with Crippen LogP contribution < -0.4 is 0 Å². The molecule has 1 atom stereocenters. The molecule has 0 aromatic rings. The van der Waals surface area contributed by atoms with Crippen molar-refractivity contribution in [3.05, 3.63) is 0 Å². The number of methoxy groups -OCH3 is 3. The first-order chi connectivity index (χ1) is 11.3. The van der Waals surface area contributed by atoms with Gasteiger partial charge in [-0.05, 0) is 12.8 Å². The van der Waals surface area contributed by atoms with Gasteiger partial charge in [-0.15, -0.1) is 0 Å². The summed E-state index contributed by atoms with van der Waals surface area (Å²) in [6.07, 6.45) is 3.65. The van der Waals surface area contributed by atoms with Gasteiger partial charge in [0.25, 0.3) is 0 Å². The number of hydrogen-bond acceptors (Lipinski definition) is 7. The topological polar surface area (TPSA) is 67.9 Å². The van der Waals surface area contributed by atoms with Crippen LogP contribution in [0.2, 0.25) is 6.04 Å². The van der Waals surface area contributed by atoms with Gasteiger partial charge < -0.3 is 32.2 Å². The van der Waals surface area contributed by atoms with Crippen molar-refractivity contribution in [3.8, 4) is 0 Å². The van der Waals surface area contributed by atoms with E-state index >= 15 is 0 Å². The van der Waals surface area contributed by atoms with Gasteiger partial charge in [0.2, 0.25) is 0 Å². The Bertz CT molecular complexity index is 250. The van der Waals surface area contributed by atoms with Crippen molar-refractivity contribution in [2.24, 2.45) is 0 Å². The maximum absolute atomic E-state index is 6.01. The zero-order valence-electron chi connectivity index (χ0n) is 14.7. The van der Waals surface area contributed by atoms with Gasteiger partial charge in [0.05, 0.1) is 52.4 Å². The molecule has 1 unspecified atom stereocenters. The van der Waals surface area contributed by atoms with E-state index < -0.39 is 8.80 Å². The van der Waals surface area contributed by atoms with Crippen molar-refractivity contribution in [2.45, 2.75) is 31.4 Å². The van der Waals surface area contributed by atoms with Crippen molar-refractivity contribution in [3.63, 3.8) is 0 Å². The molecular weight excluding hydrogens is 320 g/mol. The average molecular weight is 353 g/mol. The second-order valence-electron chi connectivity index (χ2n) is 5.41. The summed E-state index contributed by atoms with van der Waals surface area (Å²) in [7, 11) is 2.22. The molecule has 0 N–H and O–H groups in total. The molecule has 8 heteroatoms. The van der Waals surface area contributed by atoms with Gasteiger partial charge in [-0.25, -0.2) is 0 Å². The van der Waals surface area contributed by atoms with E-state index in [9.17, 15) is 0 Å². The molecule has 0 amide bonds. The third-order valence-electron chi connectivity index (χ3n) is 3.49. The van der Waals surface area contributed by atoms with Crippen molar-refractivity contribution < 1.29 is 32.2 Å². The van der Waals surface area contributed by atoms with Gasteiger partial charge in [-0.2, -0.15) is 0 Å². The molecule has 1 fully saturated rings. The van der Waals surface area contributed by atoms with Crippen LogP contribution in [-0.2, 0) is 32.2 Å². The van der Waals surface area contributed by atoms with Gasteiger partial charge in [0.1, 0.15) is 0 Å². The summed E-state index contributed by atoms with van der Waals surface area (Å²) >= 11 is 0. The molecule has 1 heterocycles. The number of epoxide rings is 1. The molecule has 0 aromatic carbocycles. The Morgan fingerprint density at radius 3 is 1.65 bits per heavy atom. The smallest absolute Gasteiger partial charge is 0.382 e. The lowest BCUT2D eigenvalue weighted by atomic mass is 10.2. The van der Waals surface area contributed by atoms with E-state index in [4.69, 9.17) is 32.2 Å². The van der Waals surface area contributed by atoms with Crippen LogP contribution >= 0.6 is 0 Å². The standard InChI is InChI=1S/C15H32O7Si/c1-16-7-10-20-23(21-11-8-17-2,22-12-9-18-3)13-5-4-6-15-14-19-15/h15H,4-14H2,1-3H3. The van der Waals surface area contributed by atoms with E-state index in [1.807, 2.05) is 0 Å². The summed E-state index contributed by atoms with van der Waals surface area (Å²) < 4.78 is 38.5. The first-order valence-corrected chi connectivity index (χ1v) is 10.2. The molecular formula is C15H32O7Si. The molecule has 138 valence electrons. The molecule has 0 bridgehead atoms. The van der Waals surface area contributed by atoms with Crippen LogP contribution in [-0.4, -0.2) is 82.5 Å². The molecule has 0 aromatic heterocycles. The summed E-state index contributed by atoms with van der Waals surface area (Å²) in [6, 6.07) is 0.789. The second-order valence-corrected chi connectivity index (χ2v) is 8.14. The number of unbranched alkanes of at least 4 members (excludes halogenated alkanes) is 1. The third-order valence-corrected chi connectivity index (χ3v) is 6.39. The summed E-state index contributed by atoms with van der Waals surface area (Å²) in [5.41, 5.74) is 0. The van der Waals surface area contributed by atoms with Gasteiger partial charge in [-0.1, -0.05) is 6.42 Å². The molecule has 1 aliphatic heterocycles. The highest BCUT2D eigenvalue weighted by Crippen LogP contribution is 2.23. The van der Waals surface area contributed by atoms with E-state index in [-0.39, 0.29) is 0 Å². The molecule has 0 saturated carbocycles. The minimum absolute atomic E-state index is 0.462. The van der Waals surface area contributed by atoms with Crippen molar-refractivity contribution in [2.75, 3.05) is 67.6 Å². The number of rotatable bonds is 17. The van der Waals surface area contributed by atoms with Gasteiger partial charge in [-0.3, -0.25) is 0 Å². The Morgan fingerprint density at radius 1 is 0.783 bits per heavy atom. The van der Waals surface area contributed by atoms with Crippen molar-refractivity contribution >= 4 is 8.80 Å². The zero-order valence-corrected chi connectivity index (χ0v) is 15.7. The SMILES string of the molecule is COCCO[Si](CCCCC1CO1)(OCCOC)OCCOC. The predicted octanol–water partition coefficient (Wildman–Crippen LogP) is 1.48. The highest BCUT2D eigenvalue weighted by molar-refractivity contribution is 6.60. The van der Waals surface area contributed by atoms with Gasteiger partial charge in [0.15, 0.2) is 0 Å². The van der Waals surface area contributed by atoms with Crippen molar-refractivity contribution in [1.29, 1.82) is 0 Å². The van der Waals surface area contributed by atoms with Gasteiger partial charge >= 0.3 is 8.80 Å². The van der Waals surface area contributed by atoms with Gasteiger partial charge in [0, 0.05) is 27.4 Å². The molecule has 7 nitrogen and oxygen atoms in total. The second kappa shape index (κ2) is 13.3. The Hall–Kier alpha value is -0.0631. The molecule has 0 aliphatic carbocycles. The Morgan fingerprint density at radius 2 is 1.26 bits per heavy atom. The summed E-state index contributed by atoms with van der Waals surface area (Å²) in [6.45, 7) is 3.86. The largest absolute Gasteiger partial charge is 0.501 e. The minimum Gasteiger partial charge on any atom is -0.382 e. The molecule has 0 spiro atoms. The quantitative estimate of drug-likeness (QED) is 0.223. The maximum atomic E-state index is 6.01. The highest BCUT2D eigenvalue weighted by atomic mass is 28.4.